The maximum Gasteiger partial charge on any atom is 0.287 e. The summed E-state index contributed by atoms with van der Waals surface area (Å²) in [5, 5.41) is 4.72. The van der Waals surface area contributed by atoms with E-state index in [1.165, 1.54) is 0 Å². The van der Waals surface area contributed by atoms with Gasteiger partial charge in [0.1, 0.15) is 5.58 Å². The number of hydrogen-bond donors (Lipinski definition) is 1. The van der Waals surface area contributed by atoms with E-state index in [2.05, 4.69) is 24.2 Å². The van der Waals surface area contributed by atoms with E-state index < -0.39 is 0 Å². The highest BCUT2D eigenvalue weighted by Crippen LogP contribution is 2.36. The minimum Gasteiger partial charge on any atom is -0.451 e. The fraction of sp³-hybridized carbons (Fsp3) is 0.471. The SMILES string of the molecule is CCCCNC(=O)c1oc2ccc(Cl)c3c2c1CN(C)CC3. The molecule has 118 valence electrons. The number of rotatable bonds is 4. The molecule has 2 heterocycles. The quantitative estimate of drug-likeness (QED) is 0.875. The maximum atomic E-state index is 12.5. The molecule has 0 saturated heterocycles. The van der Waals surface area contributed by atoms with Crippen LogP contribution >= 0.6 is 11.6 Å². The highest BCUT2D eigenvalue weighted by atomic mass is 35.5. The van der Waals surface area contributed by atoms with Gasteiger partial charge in [0, 0.05) is 35.6 Å². The van der Waals surface area contributed by atoms with Crippen LogP contribution in [0.1, 0.15) is 41.4 Å². The third-order valence-corrected chi connectivity index (χ3v) is 4.55. The second kappa shape index (κ2) is 6.31. The number of nitrogens with zero attached hydrogens (tertiary/aromatic N) is 1. The van der Waals surface area contributed by atoms with Crippen LogP contribution in [-0.4, -0.2) is 30.9 Å². The Morgan fingerprint density at radius 3 is 3.00 bits per heavy atom. The summed E-state index contributed by atoms with van der Waals surface area (Å²) in [7, 11) is 2.05. The summed E-state index contributed by atoms with van der Waals surface area (Å²) in [6.45, 7) is 4.40. The molecular formula is C17H21ClN2O2. The predicted octanol–water partition coefficient (Wildman–Crippen LogP) is 3.60. The van der Waals surface area contributed by atoms with E-state index in [1.807, 2.05) is 12.1 Å². The molecule has 0 spiro atoms. The summed E-state index contributed by atoms with van der Waals surface area (Å²) >= 11 is 6.36. The summed E-state index contributed by atoms with van der Waals surface area (Å²) in [5.41, 5.74) is 2.81. The Morgan fingerprint density at radius 2 is 2.23 bits per heavy atom. The van der Waals surface area contributed by atoms with Crippen molar-refractivity contribution in [2.75, 3.05) is 20.1 Å². The monoisotopic (exact) mass is 320 g/mol. The molecule has 1 aromatic heterocycles. The van der Waals surface area contributed by atoms with Gasteiger partial charge in [0.2, 0.25) is 0 Å². The van der Waals surface area contributed by atoms with Gasteiger partial charge in [-0.05, 0) is 37.6 Å². The Bertz CT molecular complexity index is 708. The molecule has 5 heteroatoms. The molecule has 0 radical (unpaired) electrons. The van der Waals surface area contributed by atoms with Crippen LogP contribution in [0.4, 0.5) is 0 Å². The summed E-state index contributed by atoms with van der Waals surface area (Å²) < 4.78 is 5.86. The maximum absolute atomic E-state index is 12.5. The van der Waals surface area contributed by atoms with Gasteiger partial charge in [-0.25, -0.2) is 0 Å². The first-order valence-corrected chi connectivity index (χ1v) is 8.19. The fourth-order valence-electron chi connectivity index (χ4n) is 2.99. The fourth-order valence-corrected chi connectivity index (χ4v) is 3.24. The third kappa shape index (κ3) is 2.73. The van der Waals surface area contributed by atoms with E-state index >= 15 is 0 Å². The van der Waals surface area contributed by atoms with Crippen LogP contribution < -0.4 is 5.32 Å². The Hall–Kier alpha value is -1.52. The van der Waals surface area contributed by atoms with Crippen molar-refractivity contribution in [3.8, 4) is 0 Å². The number of unbranched alkanes of at least 4 members (excludes halogenated alkanes) is 1. The van der Waals surface area contributed by atoms with Gasteiger partial charge in [-0.2, -0.15) is 0 Å². The van der Waals surface area contributed by atoms with Crippen LogP contribution in [0.5, 0.6) is 0 Å². The van der Waals surface area contributed by atoms with Crippen LogP contribution in [0.3, 0.4) is 0 Å². The molecule has 2 aromatic rings. The zero-order chi connectivity index (χ0) is 15.7. The number of halogens is 1. The van der Waals surface area contributed by atoms with E-state index in [0.29, 0.717) is 18.8 Å². The van der Waals surface area contributed by atoms with Crippen LogP contribution in [-0.2, 0) is 13.0 Å². The summed E-state index contributed by atoms with van der Waals surface area (Å²) in [4.78, 5) is 14.6. The lowest BCUT2D eigenvalue weighted by Crippen LogP contribution is -2.26. The van der Waals surface area contributed by atoms with E-state index in [0.717, 1.165) is 52.9 Å². The Labute approximate surface area is 135 Å². The number of hydrogen-bond acceptors (Lipinski definition) is 3. The number of amides is 1. The lowest BCUT2D eigenvalue weighted by Gasteiger charge is -2.13. The van der Waals surface area contributed by atoms with Gasteiger partial charge < -0.3 is 14.6 Å². The standard InChI is InChI=1S/C17H21ClN2O2/c1-3-4-8-19-17(21)16-12-10-20(2)9-7-11-13(18)5-6-14(22-16)15(11)12/h5-6H,3-4,7-10H2,1-2H3,(H,19,21). The molecule has 1 aliphatic heterocycles. The molecule has 1 aromatic carbocycles. The van der Waals surface area contributed by atoms with Crippen molar-refractivity contribution in [2.45, 2.75) is 32.7 Å². The van der Waals surface area contributed by atoms with Gasteiger partial charge >= 0.3 is 0 Å². The predicted molar refractivity (Wildman–Crippen MR) is 88.5 cm³/mol. The first kappa shape index (κ1) is 15.4. The number of nitrogens with one attached hydrogen (secondary N) is 1. The third-order valence-electron chi connectivity index (χ3n) is 4.20. The first-order chi connectivity index (χ1) is 10.6. The number of carbonyl (C=O) groups excluding carboxylic acids is 1. The van der Waals surface area contributed by atoms with Crippen molar-refractivity contribution < 1.29 is 9.21 Å². The van der Waals surface area contributed by atoms with Crippen LogP contribution in [0.15, 0.2) is 16.5 Å². The van der Waals surface area contributed by atoms with Gasteiger partial charge in [0.05, 0.1) is 0 Å². The molecule has 0 aliphatic carbocycles. The largest absolute Gasteiger partial charge is 0.451 e. The van der Waals surface area contributed by atoms with Crippen molar-refractivity contribution in [1.82, 2.24) is 10.2 Å². The summed E-state index contributed by atoms with van der Waals surface area (Å²) in [6.07, 6.45) is 2.89. The molecule has 1 aliphatic rings. The highest BCUT2D eigenvalue weighted by Gasteiger charge is 2.26. The van der Waals surface area contributed by atoms with Crippen molar-refractivity contribution in [2.24, 2.45) is 0 Å². The normalized spacial score (nSPS) is 15.0. The zero-order valence-electron chi connectivity index (χ0n) is 13.0. The average molecular weight is 321 g/mol. The first-order valence-electron chi connectivity index (χ1n) is 7.81. The number of furan rings is 1. The van der Waals surface area contributed by atoms with Gasteiger partial charge in [0.25, 0.3) is 5.91 Å². The van der Waals surface area contributed by atoms with Gasteiger partial charge in [0.15, 0.2) is 5.76 Å². The van der Waals surface area contributed by atoms with Crippen molar-refractivity contribution >= 4 is 28.5 Å². The molecule has 0 atom stereocenters. The Kier molecular flexibility index (Phi) is 4.41. The smallest absolute Gasteiger partial charge is 0.287 e. The summed E-state index contributed by atoms with van der Waals surface area (Å²) in [5.74, 6) is 0.306. The molecule has 3 rings (SSSR count). The second-order valence-electron chi connectivity index (χ2n) is 5.91. The summed E-state index contributed by atoms with van der Waals surface area (Å²) in [6, 6.07) is 3.72. The van der Waals surface area contributed by atoms with Crippen molar-refractivity contribution in [1.29, 1.82) is 0 Å². The molecule has 0 unspecified atom stereocenters. The Balaban J connectivity index is 2.06. The van der Waals surface area contributed by atoms with E-state index in [9.17, 15) is 4.79 Å². The van der Waals surface area contributed by atoms with Crippen LogP contribution in [0.2, 0.25) is 5.02 Å². The lowest BCUT2D eigenvalue weighted by atomic mass is 10.0. The molecule has 22 heavy (non-hydrogen) atoms. The highest BCUT2D eigenvalue weighted by molar-refractivity contribution is 6.32. The van der Waals surface area contributed by atoms with Crippen molar-refractivity contribution in [3.63, 3.8) is 0 Å². The molecule has 0 saturated carbocycles. The van der Waals surface area contributed by atoms with Crippen LogP contribution in [0, 0.1) is 0 Å². The second-order valence-corrected chi connectivity index (χ2v) is 6.31. The number of likely N-dealkylation sites (N-methyl/N-ethyl adjacent to an activating group) is 1. The van der Waals surface area contributed by atoms with Gasteiger partial charge in [-0.1, -0.05) is 24.9 Å². The van der Waals surface area contributed by atoms with E-state index in [1.54, 1.807) is 0 Å². The van der Waals surface area contributed by atoms with Crippen molar-refractivity contribution in [3.05, 3.63) is 34.0 Å². The number of benzene rings is 1. The molecule has 0 bridgehead atoms. The topological polar surface area (TPSA) is 45.5 Å². The van der Waals surface area contributed by atoms with E-state index in [-0.39, 0.29) is 5.91 Å². The number of carbonyl (C=O) groups is 1. The van der Waals surface area contributed by atoms with Gasteiger partial charge in [-0.3, -0.25) is 4.79 Å². The molecule has 4 nitrogen and oxygen atoms in total. The van der Waals surface area contributed by atoms with E-state index in [4.69, 9.17) is 16.0 Å². The Morgan fingerprint density at radius 1 is 1.41 bits per heavy atom. The van der Waals surface area contributed by atoms with Gasteiger partial charge in [-0.15, -0.1) is 0 Å². The molecular weight excluding hydrogens is 300 g/mol. The minimum absolute atomic E-state index is 0.128. The van der Waals surface area contributed by atoms with Crippen LogP contribution in [0.25, 0.3) is 11.0 Å². The molecule has 1 N–H and O–H groups in total. The molecule has 1 amide bonds. The zero-order valence-corrected chi connectivity index (χ0v) is 13.8. The average Bonchev–Trinajstić information content (AvgIpc) is 2.75. The minimum atomic E-state index is -0.128. The lowest BCUT2D eigenvalue weighted by molar-refractivity contribution is 0.0925. The molecule has 0 fully saturated rings.